The maximum absolute atomic E-state index is 10.3. The Balaban J connectivity index is 1.48. The highest BCUT2D eigenvalue weighted by Crippen LogP contribution is 2.15. The van der Waals surface area contributed by atoms with E-state index in [-0.39, 0.29) is 0 Å². The molecular weight excluding hydrogens is 290 g/mol. The average molecular weight is 315 g/mol. The number of benzene rings is 1. The number of rotatable bonds is 5. The minimum absolute atomic E-state index is 0.413. The van der Waals surface area contributed by atoms with Gasteiger partial charge in [0, 0.05) is 39.8 Å². The van der Waals surface area contributed by atoms with Gasteiger partial charge in [0.25, 0.3) is 0 Å². The van der Waals surface area contributed by atoms with Gasteiger partial charge in [-0.05, 0) is 12.5 Å². The molecule has 2 aromatic rings. The summed E-state index contributed by atoms with van der Waals surface area (Å²) < 4.78 is 2.05. The summed E-state index contributed by atoms with van der Waals surface area (Å²) in [7, 11) is 2.01. The first-order chi connectivity index (χ1) is 11.1. The van der Waals surface area contributed by atoms with Crippen molar-refractivity contribution in [3.05, 3.63) is 47.5 Å². The molecule has 0 aliphatic carbocycles. The molecule has 0 spiro atoms. The number of nitrogens with zero attached hydrogens (tertiary/aromatic N) is 5. The van der Waals surface area contributed by atoms with E-state index in [0.29, 0.717) is 6.54 Å². The Kier molecular flexibility index (Phi) is 5.05. The SMILES string of the molecule is Cc1nnc(CN2CCN(C[C@@H](O)c3ccccc3)CC2)n1C. The molecule has 1 aliphatic rings. The van der Waals surface area contributed by atoms with Gasteiger partial charge in [0.15, 0.2) is 0 Å². The minimum atomic E-state index is -0.413. The van der Waals surface area contributed by atoms with Crippen LogP contribution in [0.4, 0.5) is 0 Å². The lowest BCUT2D eigenvalue weighted by atomic mass is 10.1. The third-order valence-electron chi connectivity index (χ3n) is 4.63. The lowest BCUT2D eigenvalue weighted by molar-refractivity contribution is 0.0689. The summed E-state index contributed by atoms with van der Waals surface area (Å²) in [5, 5.41) is 18.7. The average Bonchev–Trinajstić information content (AvgIpc) is 2.89. The lowest BCUT2D eigenvalue weighted by Crippen LogP contribution is -2.47. The van der Waals surface area contributed by atoms with E-state index in [9.17, 15) is 5.11 Å². The Bertz CT molecular complexity index is 619. The first-order valence-corrected chi connectivity index (χ1v) is 8.16. The molecule has 23 heavy (non-hydrogen) atoms. The zero-order chi connectivity index (χ0) is 16.2. The van der Waals surface area contributed by atoms with Crippen LogP contribution < -0.4 is 0 Å². The summed E-state index contributed by atoms with van der Waals surface area (Å²) in [6, 6.07) is 9.89. The van der Waals surface area contributed by atoms with Gasteiger partial charge in [-0.1, -0.05) is 30.3 Å². The van der Waals surface area contributed by atoms with Crippen molar-refractivity contribution < 1.29 is 5.11 Å². The maximum Gasteiger partial charge on any atom is 0.146 e. The maximum atomic E-state index is 10.3. The highest BCUT2D eigenvalue weighted by atomic mass is 16.3. The van der Waals surface area contributed by atoms with Crippen molar-refractivity contribution in [1.29, 1.82) is 0 Å². The summed E-state index contributed by atoms with van der Waals surface area (Å²) in [6.07, 6.45) is -0.413. The fourth-order valence-corrected chi connectivity index (χ4v) is 2.94. The second-order valence-electron chi connectivity index (χ2n) is 6.23. The van der Waals surface area contributed by atoms with Gasteiger partial charge in [-0.15, -0.1) is 10.2 Å². The van der Waals surface area contributed by atoms with Crippen LogP contribution in [0.25, 0.3) is 0 Å². The second-order valence-corrected chi connectivity index (χ2v) is 6.23. The first kappa shape index (κ1) is 16.1. The van der Waals surface area contributed by atoms with Crippen LogP contribution in [-0.2, 0) is 13.6 Å². The molecular formula is C17H25N5O. The number of aromatic nitrogens is 3. The van der Waals surface area contributed by atoms with Crippen molar-refractivity contribution in [3.8, 4) is 0 Å². The molecule has 0 saturated carbocycles. The first-order valence-electron chi connectivity index (χ1n) is 8.16. The van der Waals surface area contributed by atoms with E-state index in [1.807, 2.05) is 48.9 Å². The van der Waals surface area contributed by atoms with Crippen LogP contribution in [0.5, 0.6) is 0 Å². The predicted octanol–water partition coefficient (Wildman–Crippen LogP) is 0.975. The molecule has 0 unspecified atom stereocenters. The summed E-state index contributed by atoms with van der Waals surface area (Å²) >= 11 is 0. The van der Waals surface area contributed by atoms with Crippen molar-refractivity contribution in [2.75, 3.05) is 32.7 Å². The number of aliphatic hydroxyl groups is 1. The summed E-state index contributed by atoms with van der Waals surface area (Å²) in [4.78, 5) is 4.73. The topological polar surface area (TPSA) is 57.4 Å². The fraction of sp³-hybridized carbons (Fsp3) is 0.529. The second kappa shape index (κ2) is 7.21. The van der Waals surface area contributed by atoms with E-state index in [4.69, 9.17) is 0 Å². The Labute approximate surface area is 137 Å². The van der Waals surface area contributed by atoms with E-state index in [2.05, 4.69) is 20.0 Å². The molecule has 124 valence electrons. The molecule has 1 aromatic heterocycles. The van der Waals surface area contributed by atoms with Crippen LogP contribution in [0.2, 0.25) is 0 Å². The quantitative estimate of drug-likeness (QED) is 0.891. The predicted molar refractivity (Wildman–Crippen MR) is 88.9 cm³/mol. The van der Waals surface area contributed by atoms with E-state index in [0.717, 1.165) is 49.9 Å². The summed E-state index contributed by atoms with van der Waals surface area (Å²) in [5.74, 6) is 1.96. The smallest absolute Gasteiger partial charge is 0.146 e. The van der Waals surface area contributed by atoms with Crippen molar-refractivity contribution in [1.82, 2.24) is 24.6 Å². The molecule has 6 heteroatoms. The molecule has 1 saturated heterocycles. The van der Waals surface area contributed by atoms with Gasteiger partial charge in [0.1, 0.15) is 11.6 Å². The van der Waals surface area contributed by atoms with Gasteiger partial charge in [0.05, 0.1) is 12.6 Å². The Morgan fingerprint density at radius 3 is 2.30 bits per heavy atom. The van der Waals surface area contributed by atoms with Gasteiger partial charge in [-0.2, -0.15) is 0 Å². The van der Waals surface area contributed by atoms with E-state index >= 15 is 0 Å². The number of aryl methyl sites for hydroxylation is 1. The molecule has 1 N–H and O–H groups in total. The van der Waals surface area contributed by atoms with Gasteiger partial charge >= 0.3 is 0 Å². The molecule has 2 heterocycles. The fourth-order valence-electron chi connectivity index (χ4n) is 2.94. The van der Waals surface area contributed by atoms with Crippen LogP contribution in [0.1, 0.15) is 23.3 Å². The molecule has 1 aliphatic heterocycles. The van der Waals surface area contributed by atoms with E-state index in [1.54, 1.807) is 0 Å². The van der Waals surface area contributed by atoms with Crippen LogP contribution >= 0.6 is 0 Å². The third kappa shape index (κ3) is 3.96. The van der Waals surface area contributed by atoms with Gasteiger partial charge < -0.3 is 9.67 Å². The van der Waals surface area contributed by atoms with Crippen LogP contribution in [0.15, 0.2) is 30.3 Å². The van der Waals surface area contributed by atoms with Gasteiger partial charge in [0.2, 0.25) is 0 Å². The molecule has 0 amide bonds. The normalized spacial score (nSPS) is 18.2. The Morgan fingerprint density at radius 1 is 1.04 bits per heavy atom. The molecule has 1 atom stereocenters. The standard InChI is InChI=1S/C17H25N5O/c1-14-18-19-17(20(14)2)13-22-10-8-21(9-11-22)12-16(23)15-6-4-3-5-7-15/h3-7,16,23H,8-13H2,1-2H3/t16-/m1/s1. The van der Waals surface area contributed by atoms with Crippen molar-refractivity contribution in [3.63, 3.8) is 0 Å². The molecule has 1 fully saturated rings. The van der Waals surface area contributed by atoms with Crippen molar-refractivity contribution in [2.45, 2.75) is 19.6 Å². The van der Waals surface area contributed by atoms with Crippen molar-refractivity contribution in [2.24, 2.45) is 7.05 Å². The highest BCUT2D eigenvalue weighted by Gasteiger charge is 2.21. The largest absolute Gasteiger partial charge is 0.387 e. The summed E-state index contributed by atoms with van der Waals surface area (Å²) in [6.45, 7) is 7.44. The molecule has 3 rings (SSSR count). The lowest BCUT2D eigenvalue weighted by Gasteiger charge is -2.35. The van der Waals surface area contributed by atoms with Gasteiger partial charge in [-0.3, -0.25) is 9.80 Å². The summed E-state index contributed by atoms with van der Waals surface area (Å²) in [5.41, 5.74) is 0.990. The van der Waals surface area contributed by atoms with Crippen molar-refractivity contribution >= 4 is 0 Å². The zero-order valence-electron chi connectivity index (χ0n) is 13.9. The molecule has 6 nitrogen and oxygen atoms in total. The number of β-amino-alcohol motifs (C(OH)–C–C–N with tert-alkyl or cyclic N) is 1. The Hall–Kier alpha value is -1.76. The zero-order valence-corrected chi connectivity index (χ0v) is 13.9. The number of aliphatic hydroxyl groups excluding tert-OH is 1. The highest BCUT2D eigenvalue weighted by molar-refractivity contribution is 5.17. The van der Waals surface area contributed by atoms with Crippen LogP contribution in [-0.4, -0.2) is 62.4 Å². The molecule has 0 radical (unpaired) electrons. The van der Waals surface area contributed by atoms with E-state index in [1.165, 1.54) is 0 Å². The van der Waals surface area contributed by atoms with Crippen LogP contribution in [0, 0.1) is 6.92 Å². The Morgan fingerprint density at radius 2 is 1.70 bits per heavy atom. The number of hydrogen-bond donors (Lipinski definition) is 1. The number of piperazine rings is 1. The molecule has 1 aromatic carbocycles. The minimum Gasteiger partial charge on any atom is -0.387 e. The third-order valence-corrected chi connectivity index (χ3v) is 4.63. The van der Waals surface area contributed by atoms with Gasteiger partial charge in [-0.25, -0.2) is 0 Å². The molecule has 0 bridgehead atoms. The monoisotopic (exact) mass is 315 g/mol. The number of hydrogen-bond acceptors (Lipinski definition) is 5. The van der Waals surface area contributed by atoms with E-state index < -0.39 is 6.10 Å². The van der Waals surface area contributed by atoms with Crippen LogP contribution in [0.3, 0.4) is 0 Å².